The second-order valence-corrected chi connectivity index (χ2v) is 7.36. The summed E-state index contributed by atoms with van der Waals surface area (Å²) in [5, 5.41) is 0.344. The average Bonchev–Trinajstić information content (AvgIpc) is 2.97. The van der Waals surface area contributed by atoms with Crippen LogP contribution in [0.3, 0.4) is 0 Å². The van der Waals surface area contributed by atoms with E-state index in [2.05, 4.69) is 0 Å². The number of rotatable bonds is 6. The van der Waals surface area contributed by atoms with E-state index in [1.807, 2.05) is 13.8 Å². The highest BCUT2D eigenvalue weighted by atomic mass is 19.1. The van der Waals surface area contributed by atoms with Crippen LogP contribution in [0.15, 0.2) is 57.7 Å². The maximum atomic E-state index is 14.7. The van der Waals surface area contributed by atoms with Crippen LogP contribution in [-0.4, -0.2) is 30.1 Å². The van der Waals surface area contributed by atoms with Gasteiger partial charge in [0.25, 0.3) is 5.91 Å². The number of fused-ring (bicyclic) bond motifs is 2. The molecule has 1 atom stereocenters. The summed E-state index contributed by atoms with van der Waals surface area (Å²) in [5.41, 5.74) is 0.300. The number of carbonyl (C=O) groups is 1. The molecule has 29 heavy (non-hydrogen) atoms. The van der Waals surface area contributed by atoms with Gasteiger partial charge < -0.3 is 14.1 Å². The first-order chi connectivity index (χ1) is 14.0. The number of hydrogen-bond donors (Lipinski definition) is 0. The van der Waals surface area contributed by atoms with Crippen molar-refractivity contribution in [2.45, 2.75) is 32.4 Å². The lowest BCUT2D eigenvalue weighted by Crippen LogP contribution is -2.32. The molecule has 5 nitrogen and oxygen atoms in total. The third-order valence-corrected chi connectivity index (χ3v) is 5.05. The largest absolute Gasteiger partial charge is 0.457 e. The number of carbonyl (C=O) groups excluding carboxylic acids is 1. The Morgan fingerprint density at radius 1 is 1.10 bits per heavy atom. The van der Waals surface area contributed by atoms with E-state index in [4.69, 9.17) is 9.15 Å². The first kappa shape index (κ1) is 19.3. The number of amides is 1. The van der Waals surface area contributed by atoms with Gasteiger partial charge in [-0.1, -0.05) is 30.3 Å². The highest BCUT2D eigenvalue weighted by Crippen LogP contribution is 2.39. The minimum Gasteiger partial charge on any atom is -0.457 e. The van der Waals surface area contributed by atoms with Crippen molar-refractivity contribution in [1.29, 1.82) is 0 Å². The van der Waals surface area contributed by atoms with Crippen molar-refractivity contribution in [2.24, 2.45) is 0 Å². The lowest BCUT2D eigenvalue weighted by Gasteiger charge is -2.25. The summed E-state index contributed by atoms with van der Waals surface area (Å²) in [5.74, 6) is -0.678. The Kier molecular flexibility index (Phi) is 5.20. The van der Waals surface area contributed by atoms with Gasteiger partial charge in [0.2, 0.25) is 5.43 Å². The van der Waals surface area contributed by atoms with Gasteiger partial charge in [-0.05, 0) is 38.5 Å². The molecule has 0 saturated heterocycles. The quantitative estimate of drug-likeness (QED) is 0.584. The molecule has 150 valence electrons. The predicted molar refractivity (Wildman–Crippen MR) is 107 cm³/mol. The van der Waals surface area contributed by atoms with E-state index < -0.39 is 17.8 Å². The zero-order chi connectivity index (χ0) is 20.5. The van der Waals surface area contributed by atoms with E-state index in [9.17, 15) is 14.0 Å². The molecular formula is C23H22FNO4. The fourth-order valence-electron chi connectivity index (χ4n) is 3.75. The number of para-hydroxylation sites is 1. The van der Waals surface area contributed by atoms with Crippen molar-refractivity contribution in [3.63, 3.8) is 0 Å². The highest BCUT2D eigenvalue weighted by molar-refractivity contribution is 6.01. The molecule has 1 aliphatic rings. The minimum atomic E-state index is -0.782. The van der Waals surface area contributed by atoms with Crippen molar-refractivity contribution < 1.29 is 18.3 Å². The van der Waals surface area contributed by atoms with Gasteiger partial charge in [-0.2, -0.15) is 0 Å². The van der Waals surface area contributed by atoms with Crippen LogP contribution in [0.4, 0.5) is 4.39 Å². The summed E-state index contributed by atoms with van der Waals surface area (Å²) < 4.78 is 26.2. The van der Waals surface area contributed by atoms with Gasteiger partial charge in [-0.15, -0.1) is 0 Å². The molecule has 2 aromatic carbocycles. The summed E-state index contributed by atoms with van der Waals surface area (Å²) in [6, 6.07) is 12.3. The molecule has 1 aliphatic heterocycles. The molecule has 0 bridgehead atoms. The number of ether oxygens (including phenoxy) is 1. The summed E-state index contributed by atoms with van der Waals surface area (Å²) >= 11 is 0. The predicted octanol–water partition coefficient (Wildman–Crippen LogP) is 4.29. The Morgan fingerprint density at radius 2 is 1.83 bits per heavy atom. The highest BCUT2D eigenvalue weighted by Gasteiger charge is 2.43. The van der Waals surface area contributed by atoms with Gasteiger partial charge in [-0.25, -0.2) is 4.39 Å². The number of nitrogens with zero attached hydrogens (tertiary/aromatic N) is 1. The van der Waals surface area contributed by atoms with Gasteiger partial charge in [-0.3, -0.25) is 9.59 Å². The van der Waals surface area contributed by atoms with Crippen LogP contribution in [-0.2, 0) is 4.74 Å². The van der Waals surface area contributed by atoms with Crippen LogP contribution in [0.2, 0.25) is 0 Å². The van der Waals surface area contributed by atoms with Gasteiger partial charge in [0, 0.05) is 18.7 Å². The fraction of sp³-hybridized carbons (Fsp3) is 0.304. The topological polar surface area (TPSA) is 59.8 Å². The van der Waals surface area contributed by atoms with Crippen LogP contribution in [0, 0.1) is 5.82 Å². The SMILES string of the molecule is CC(C)OCCCN1C(=O)c2c(oc3ccccc3c2=O)C1c1ccccc1F. The smallest absolute Gasteiger partial charge is 0.262 e. The van der Waals surface area contributed by atoms with Gasteiger partial charge in [0.05, 0.1) is 11.5 Å². The minimum absolute atomic E-state index is 0.0123. The van der Waals surface area contributed by atoms with Crippen LogP contribution >= 0.6 is 0 Å². The third-order valence-electron chi connectivity index (χ3n) is 5.05. The second kappa shape index (κ2) is 7.79. The van der Waals surface area contributed by atoms with Crippen molar-refractivity contribution in [2.75, 3.05) is 13.2 Å². The number of benzene rings is 2. The van der Waals surface area contributed by atoms with Gasteiger partial charge in [0.15, 0.2) is 0 Å². The fourth-order valence-corrected chi connectivity index (χ4v) is 3.75. The maximum absolute atomic E-state index is 14.7. The first-order valence-electron chi connectivity index (χ1n) is 9.71. The molecule has 2 heterocycles. The molecule has 0 radical (unpaired) electrons. The Labute approximate surface area is 167 Å². The van der Waals surface area contributed by atoms with Crippen molar-refractivity contribution in [1.82, 2.24) is 4.90 Å². The van der Waals surface area contributed by atoms with Crippen molar-refractivity contribution in [3.8, 4) is 0 Å². The van der Waals surface area contributed by atoms with E-state index in [0.717, 1.165) is 0 Å². The van der Waals surface area contributed by atoms with E-state index in [1.54, 1.807) is 42.5 Å². The van der Waals surface area contributed by atoms with E-state index >= 15 is 0 Å². The molecule has 0 aliphatic carbocycles. The Morgan fingerprint density at radius 3 is 2.59 bits per heavy atom. The summed E-state index contributed by atoms with van der Waals surface area (Å²) in [7, 11) is 0. The Balaban J connectivity index is 1.82. The first-order valence-corrected chi connectivity index (χ1v) is 9.71. The van der Waals surface area contributed by atoms with Crippen LogP contribution in [0.25, 0.3) is 11.0 Å². The zero-order valence-corrected chi connectivity index (χ0v) is 16.4. The molecule has 3 aromatic rings. The molecule has 0 spiro atoms. The van der Waals surface area contributed by atoms with E-state index in [-0.39, 0.29) is 22.9 Å². The molecule has 0 N–H and O–H groups in total. The summed E-state index contributed by atoms with van der Waals surface area (Å²) in [6.07, 6.45) is 0.647. The Hall–Kier alpha value is -2.99. The second-order valence-electron chi connectivity index (χ2n) is 7.36. The molecular weight excluding hydrogens is 373 g/mol. The zero-order valence-electron chi connectivity index (χ0n) is 16.4. The Bertz CT molecular complexity index is 1120. The molecule has 0 fully saturated rings. The third kappa shape index (κ3) is 3.44. The monoisotopic (exact) mass is 395 g/mol. The van der Waals surface area contributed by atoms with Gasteiger partial charge in [0.1, 0.15) is 28.8 Å². The normalized spacial score (nSPS) is 16.1. The van der Waals surface area contributed by atoms with Crippen molar-refractivity contribution in [3.05, 3.63) is 81.5 Å². The molecule has 0 saturated carbocycles. The molecule has 4 rings (SSSR count). The molecule has 1 unspecified atom stereocenters. The standard InChI is InChI=1S/C23H22FNO4/c1-14(2)28-13-7-12-25-20(15-8-3-5-10-17(15)24)22-19(23(25)27)21(26)16-9-4-6-11-18(16)29-22/h3-6,8-11,14,20H,7,12-13H2,1-2H3. The van der Waals surface area contributed by atoms with Crippen LogP contribution in [0.1, 0.15) is 48.0 Å². The summed E-state index contributed by atoms with van der Waals surface area (Å²) in [6.45, 7) is 4.66. The van der Waals surface area contributed by atoms with E-state index in [1.165, 1.54) is 11.0 Å². The molecule has 1 aromatic heterocycles. The lowest BCUT2D eigenvalue weighted by atomic mass is 10.0. The lowest BCUT2D eigenvalue weighted by molar-refractivity contribution is 0.0597. The number of halogens is 1. The maximum Gasteiger partial charge on any atom is 0.262 e. The van der Waals surface area contributed by atoms with Crippen molar-refractivity contribution >= 4 is 16.9 Å². The average molecular weight is 395 g/mol. The van der Waals surface area contributed by atoms with Gasteiger partial charge >= 0.3 is 0 Å². The number of hydrogen-bond acceptors (Lipinski definition) is 4. The molecule has 6 heteroatoms. The molecule has 1 amide bonds. The van der Waals surface area contributed by atoms with Crippen LogP contribution < -0.4 is 5.43 Å². The summed E-state index contributed by atoms with van der Waals surface area (Å²) in [4.78, 5) is 27.7. The van der Waals surface area contributed by atoms with Crippen LogP contribution in [0.5, 0.6) is 0 Å². The van der Waals surface area contributed by atoms with E-state index in [0.29, 0.717) is 36.1 Å².